The van der Waals surface area contributed by atoms with Crippen LogP contribution in [0.2, 0.25) is 0 Å². The summed E-state index contributed by atoms with van der Waals surface area (Å²) in [7, 11) is 0. The number of nitrogens with two attached hydrogens (primary N) is 1. The Labute approximate surface area is 74.8 Å². The van der Waals surface area contributed by atoms with Gasteiger partial charge in [0.05, 0.1) is 0 Å². The summed E-state index contributed by atoms with van der Waals surface area (Å²) in [4.78, 5) is 10.4. The monoisotopic (exact) mass is 169 g/mol. The Kier molecular flexibility index (Phi) is 6.44. The maximum atomic E-state index is 10.4. The van der Waals surface area contributed by atoms with Crippen LogP contribution in [0.5, 0.6) is 0 Å². The molecule has 0 fully saturated rings. The molecule has 0 heterocycles. The maximum Gasteiger partial charge on any atom is 0.241 e. The van der Waals surface area contributed by atoms with Crippen LogP contribution in [0.1, 0.15) is 39.5 Å². The second-order valence-electron chi connectivity index (χ2n) is 3.07. The van der Waals surface area contributed by atoms with Gasteiger partial charge in [-0.1, -0.05) is 32.8 Å². The number of amides is 1. The van der Waals surface area contributed by atoms with Gasteiger partial charge < -0.3 is 5.73 Å². The molecule has 12 heavy (non-hydrogen) atoms. The predicted molar refractivity (Wildman–Crippen MR) is 51.6 cm³/mol. The lowest BCUT2D eigenvalue weighted by molar-refractivity contribution is -0.113. The van der Waals surface area contributed by atoms with E-state index in [1.807, 2.05) is 6.08 Å². The summed E-state index contributed by atoms with van der Waals surface area (Å²) in [5, 5.41) is 0. The highest BCUT2D eigenvalue weighted by Gasteiger charge is 2.00. The Balaban J connectivity index is 3.73. The van der Waals surface area contributed by atoms with Crippen molar-refractivity contribution in [3.63, 3.8) is 0 Å². The van der Waals surface area contributed by atoms with Crippen LogP contribution in [0.4, 0.5) is 0 Å². The fourth-order valence-corrected chi connectivity index (χ4v) is 1.13. The van der Waals surface area contributed by atoms with Gasteiger partial charge in [0.2, 0.25) is 5.91 Å². The summed E-state index contributed by atoms with van der Waals surface area (Å²) >= 11 is 0. The molecule has 2 heteroatoms. The standard InChI is InChI=1S/C10H19NO/c1-3-5-6-9(4-2)7-8-10(11)12/h7-9H,3-6H2,1-2H3,(H2,11,12)/b8-7-. The molecular formula is C10H19NO. The summed E-state index contributed by atoms with van der Waals surface area (Å²) in [6.45, 7) is 4.30. The average molecular weight is 169 g/mol. The molecule has 2 nitrogen and oxygen atoms in total. The van der Waals surface area contributed by atoms with Crippen molar-refractivity contribution < 1.29 is 4.79 Å². The molecule has 1 unspecified atom stereocenters. The number of unbranched alkanes of at least 4 members (excludes halogenated alkanes) is 1. The topological polar surface area (TPSA) is 43.1 Å². The smallest absolute Gasteiger partial charge is 0.241 e. The van der Waals surface area contributed by atoms with Gasteiger partial charge in [0.25, 0.3) is 0 Å². The molecule has 0 aliphatic carbocycles. The highest BCUT2D eigenvalue weighted by atomic mass is 16.1. The molecule has 0 aromatic rings. The number of carbonyl (C=O) groups is 1. The minimum Gasteiger partial charge on any atom is -0.366 e. The molecule has 1 atom stereocenters. The van der Waals surface area contributed by atoms with Gasteiger partial charge in [-0.15, -0.1) is 0 Å². The Bertz CT molecular complexity index is 152. The normalized spacial score (nSPS) is 13.5. The van der Waals surface area contributed by atoms with E-state index in [1.165, 1.54) is 18.9 Å². The van der Waals surface area contributed by atoms with Crippen molar-refractivity contribution in [2.24, 2.45) is 11.7 Å². The largest absolute Gasteiger partial charge is 0.366 e. The summed E-state index contributed by atoms with van der Waals surface area (Å²) in [6, 6.07) is 0. The molecule has 0 saturated heterocycles. The molecule has 0 aromatic carbocycles. The number of allylic oxidation sites excluding steroid dienone is 1. The summed E-state index contributed by atoms with van der Waals surface area (Å²) in [5.41, 5.74) is 5.00. The highest BCUT2D eigenvalue weighted by Crippen LogP contribution is 2.13. The molecule has 0 aromatic heterocycles. The second kappa shape index (κ2) is 6.89. The van der Waals surface area contributed by atoms with E-state index in [2.05, 4.69) is 13.8 Å². The van der Waals surface area contributed by atoms with E-state index in [4.69, 9.17) is 5.73 Å². The van der Waals surface area contributed by atoms with E-state index in [-0.39, 0.29) is 5.91 Å². The van der Waals surface area contributed by atoms with Crippen LogP contribution in [-0.4, -0.2) is 5.91 Å². The number of rotatable bonds is 6. The number of carbonyl (C=O) groups excluding carboxylic acids is 1. The van der Waals surface area contributed by atoms with E-state index >= 15 is 0 Å². The molecule has 0 aliphatic heterocycles. The van der Waals surface area contributed by atoms with E-state index in [0.29, 0.717) is 5.92 Å². The third kappa shape index (κ3) is 5.96. The van der Waals surface area contributed by atoms with Crippen LogP contribution < -0.4 is 5.73 Å². The fraction of sp³-hybridized carbons (Fsp3) is 0.700. The van der Waals surface area contributed by atoms with Gasteiger partial charge in [0.1, 0.15) is 0 Å². The molecule has 0 radical (unpaired) electrons. The predicted octanol–water partition coefficient (Wildman–Crippen LogP) is 2.24. The Hall–Kier alpha value is -0.790. The summed E-state index contributed by atoms with van der Waals surface area (Å²) in [6.07, 6.45) is 8.09. The van der Waals surface area contributed by atoms with E-state index in [9.17, 15) is 4.79 Å². The van der Waals surface area contributed by atoms with Gasteiger partial charge >= 0.3 is 0 Å². The van der Waals surface area contributed by atoms with Crippen LogP contribution in [0.3, 0.4) is 0 Å². The van der Waals surface area contributed by atoms with Crippen molar-refractivity contribution in [3.05, 3.63) is 12.2 Å². The van der Waals surface area contributed by atoms with Gasteiger partial charge in [0.15, 0.2) is 0 Å². The van der Waals surface area contributed by atoms with E-state index in [1.54, 1.807) is 0 Å². The lowest BCUT2D eigenvalue weighted by Crippen LogP contribution is -2.06. The van der Waals surface area contributed by atoms with Crippen molar-refractivity contribution >= 4 is 5.91 Å². The lowest BCUT2D eigenvalue weighted by atomic mass is 9.99. The molecule has 0 rings (SSSR count). The average Bonchev–Trinajstić information content (AvgIpc) is 2.05. The molecule has 0 saturated carbocycles. The van der Waals surface area contributed by atoms with E-state index < -0.39 is 0 Å². The van der Waals surface area contributed by atoms with E-state index in [0.717, 1.165) is 12.8 Å². The van der Waals surface area contributed by atoms with Gasteiger partial charge in [-0.2, -0.15) is 0 Å². The third-order valence-electron chi connectivity index (χ3n) is 1.99. The highest BCUT2D eigenvalue weighted by molar-refractivity contribution is 5.85. The Morgan fingerprint density at radius 1 is 1.50 bits per heavy atom. The van der Waals surface area contributed by atoms with Crippen LogP contribution in [-0.2, 0) is 4.79 Å². The molecule has 2 N–H and O–H groups in total. The van der Waals surface area contributed by atoms with Crippen LogP contribution in [0.15, 0.2) is 12.2 Å². The second-order valence-corrected chi connectivity index (χ2v) is 3.07. The maximum absolute atomic E-state index is 10.4. The van der Waals surface area contributed by atoms with Gasteiger partial charge in [0, 0.05) is 0 Å². The van der Waals surface area contributed by atoms with Crippen molar-refractivity contribution in [2.45, 2.75) is 39.5 Å². The Morgan fingerprint density at radius 2 is 2.17 bits per heavy atom. The van der Waals surface area contributed by atoms with Crippen molar-refractivity contribution in [1.29, 1.82) is 0 Å². The zero-order valence-electron chi connectivity index (χ0n) is 8.05. The molecule has 1 amide bonds. The fourth-order valence-electron chi connectivity index (χ4n) is 1.13. The van der Waals surface area contributed by atoms with Crippen LogP contribution in [0, 0.1) is 5.92 Å². The van der Waals surface area contributed by atoms with Crippen molar-refractivity contribution in [1.82, 2.24) is 0 Å². The zero-order chi connectivity index (χ0) is 9.40. The molecule has 0 spiro atoms. The first-order chi connectivity index (χ1) is 5.70. The van der Waals surface area contributed by atoms with Crippen molar-refractivity contribution in [3.8, 4) is 0 Å². The Morgan fingerprint density at radius 3 is 2.58 bits per heavy atom. The third-order valence-corrected chi connectivity index (χ3v) is 1.99. The van der Waals surface area contributed by atoms with Crippen molar-refractivity contribution in [2.75, 3.05) is 0 Å². The lowest BCUT2D eigenvalue weighted by Gasteiger charge is -2.07. The summed E-state index contributed by atoms with van der Waals surface area (Å²) < 4.78 is 0. The summed E-state index contributed by atoms with van der Waals surface area (Å²) in [5.74, 6) is 0.183. The first kappa shape index (κ1) is 11.2. The molecule has 70 valence electrons. The van der Waals surface area contributed by atoms with Crippen LogP contribution in [0.25, 0.3) is 0 Å². The molecule has 0 bridgehead atoms. The quantitative estimate of drug-likeness (QED) is 0.609. The number of hydrogen-bond donors (Lipinski definition) is 1. The zero-order valence-corrected chi connectivity index (χ0v) is 8.05. The van der Waals surface area contributed by atoms with Gasteiger partial charge in [-0.3, -0.25) is 4.79 Å². The minimum absolute atomic E-state index is 0.343. The number of primary amides is 1. The first-order valence-corrected chi connectivity index (χ1v) is 4.68. The first-order valence-electron chi connectivity index (χ1n) is 4.68. The number of hydrogen-bond acceptors (Lipinski definition) is 1. The molecule has 0 aliphatic rings. The SMILES string of the molecule is CCCCC(/C=C\C(N)=O)CC. The van der Waals surface area contributed by atoms with Gasteiger partial charge in [-0.25, -0.2) is 0 Å². The van der Waals surface area contributed by atoms with Gasteiger partial charge in [-0.05, 0) is 24.8 Å². The van der Waals surface area contributed by atoms with Crippen LogP contribution >= 0.6 is 0 Å². The minimum atomic E-state index is -0.343. The molecular weight excluding hydrogens is 150 g/mol.